The number of carbonyl (C=O) groups is 1. The van der Waals surface area contributed by atoms with E-state index in [1.165, 1.54) is 43.7 Å². The third-order valence-corrected chi connectivity index (χ3v) is 5.68. The molecule has 3 rings (SSSR count). The molecular formula is C17H25N5OS. The first-order valence-corrected chi connectivity index (χ1v) is 9.31. The van der Waals surface area contributed by atoms with Gasteiger partial charge in [0.1, 0.15) is 17.0 Å². The number of piperidine rings is 1. The third kappa shape index (κ3) is 3.52. The Morgan fingerprint density at radius 3 is 2.75 bits per heavy atom. The SMILES string of the molecule is Cc1c(C(=O)N(C)C)sc2ncnc(NCCN3CCCCC3)c12. The van der Waals surface area contributed by atoms with E-state index in [-0.39, 0.29) is 5.91 Å². The largest absolute Gasteiger partial charge is 0.368 e. The maximum absolute atomic E-state index is 12.3. The van der Waals surface area contributed by atoms with Crippen LogP contribution < -0.4 is 5.32 Å². The van der Waals surface area contributed by atoms with Gasteiger partial charge in [0.2, 0.25) is 0 Å². The van der Waals surface area contributed by atoms with Gasteiger partial charge in [-0.2, -0.15) is 0 Å². The van der Waals surface area contributed by atoms with Crippen molar-refractivity contribution in [1.29, 1.82) is 0 Å². The summed E-state index contributed by atoms with van der Waals surface area (Å²) < 4.78 is 0. The van der Waals surface area contributed by atoms with Crippen LogP contribution in [0.5, 0.6) is 0 Å². The number of anilines is 1. The molecule has 0 saturated carbocycles. The molecule has 1 aliphatic heterocycles. The van der Waals surface area contributed by atoms with Crippen LogP contribution in [0.25, 0.3) is 10.2 Å². The highest BCUT2D eigenvalue weighted by atomic mass is 32.1. The number of carbonyl (C=O) groups excluding carboxylic acids is 1. The number of nitrogens with zero attached hydrogens (tertiary/aromatic N) is 4. The molecule has 2 aromatic heterocycles. The van der Waals surface area contributed by atoms with E-state index in [2.05, 4.69) is 20.2 Å². The number of aryl methyl sites for hydroxylation is 1. The summed E-state index contributed by atoms with van der Waals surface area (Å²) in [4.78, 5) is 26.8. The number of hydrogen-bond donors (Lipinski definition) is 1. The molecule has 0 aliphatic carbocycles. The van der Waals surface area contributed by atoms with Crippen LogP contribution in [0.15, 0.2) is 6.33 Å². The summed E-state index contributed by atoms with van der Waals surface area (Å²) in [5.74, 6) is 0.860. The van der Waals surface area contributed by atoms with Crippen molar-refractivity contribution in [2.75, 3.05) is 45.6 Å². The molecular weight excluding hydrogens is 322 g/mol. The lowest BCUT2D eigenvalue weighted by atomic mass is 10.1. The van der Waals surface area contributed by atoms with Gasteiger partial charge >= 0.3 is 0 Å². The minimum absolute atomic E-state index is 0.0229. The van der Waals surface area contributed by atoms with Gasteiger partial charge in [-0.3, -0.25) is 4.79 Å². The van der Waals surface area contributed by atoms with Crippen molar-refractivity contribution in [2.45, 2.75) is 26.2 Å². The Hall–Kier alpha value is -1.73. The van der Waals surface area contributed by atoms with Crippen molar-refractivity contribution < 1.29 is 4.79 Å². The number of fused-ring (bicyclic) bond motifs is 1. The molecule has 7 heteroatoms. The minimum Gasteiger partial charge on any atom is -0.368 e. The second-order valence-corrected chi connectivity index (χ2v) is 7.49. The quantitative estimate of drug-likeness (QED) is 0.901. The smallest absolute Gasteiger partial charge is 0.263 e. The summed E-state index contributed by atoms with van der Waals surface area (Å²) in [7, 11) is 3.55. The van der Waals surface area contributed by atoms with Gasteiger partial charge in [-0.25, -0.2) is 9.97 Å². The molecule has 1 N–H and O–H groups in total. The maximum atomic E-state index is 12.3. The lowest BCUT2D eigenvalue weighted by Crippen LogP contribution is -2.33. The van der Waals surface area contributed by atoms with Gasteiger partial charge in [-0.1, -0.05) is 6.42 Å². The summed E-state index contributed by atoms with van der Waals surface area (Å²) >= 11 is 1.44. The Balaban J connectivity index is 1.76. The summed E-state index contributed by atoms with van der Waals surface area (Å²) in [6.45, 7) is 6.25. The van der Waals surface area contributed by atoms with Crippen LogP contribution in [0.1, 0.15) is 34.5 Å². The number of thiophene rings is 1. The molecule has 3 heterocycles. The topological polar surface area (TPSA) is 61.4 Å². The zero-order chi connectivity index (χ0) is 17.1. The fourth-order valence-electron chi connectivity index (χ4n) is 3.13. The van der Waals surface area contributed by atoms with E-state index in [4.69, 9.17) is 0 Å². The van der Waals surface area contributed by atoms with Gasteiger partial charge in [0.15, 0.2) is 0 Å². The van der Waals surface area contributed by atoms with Crippen LogP contribution in [-0.4, -0.2) is 65.9 Å². The molecule has 0 unspecified atom stereocenters. The first-order valence-electron chi connectivity index (χ1n) is 8.50. The van der Waals surface area contributed by atoms with Gasteiger partial charge in [0.05, 0.1) is 10.3 Å². The average molecular weight is 347 g/mol. The molecule has 0 radical (unpaired) electrons. The predicted molar refractivity (Wildman–Crippen MR) is 99.0 cm³/mol. The minimum atomic E-state index is 0.0229. The summed E-state index contributed by atoms with van der Waals surface area (Å²) in [5, 5.41) is 4.42. The van der Waals surface area contributed by atoms with Crippen LogP contribution in [0.3, 0.4) is 0 Å². The Morgan fingerprint density at radius 1 is 1.29 bits per heavy atom. The van der Waals surface area contributed by atoms with E-state index in [1.807, 2.05) is 6.92 Å². The number of aromatic nitrogens is 2. The average Bonchev–Trinajstić information content (AvgIpc) is 2.93. The fourth-order valence-corrected chi connectivity index (χ4v) is 4.30. The standard InChI is InChI=1S/C17H25N5OS/c1-12-13-15(18-7-10-22-8-5-4-6-9-22)19-11-20-16(13)24-14(12)17(23)21(2)3/h11H,4-10H2,1-3H3,(H,18,19,20). The van der Waals surface area contributed by atoms with Gasteiger partial charge < -0.3 is 15.1 Å². The van der Waals surface area contributed by atoms with Gasteiger partial charge in [0.25, 0.3) is 5.91 Å². The molecule has 24 heavy (non-hydrogen) atoms. The monoisotopic (exact) mass is 347 g/mol. The molecule has 0 atom stereocenters. The number of rotatable bonds is 5. The predicted octanol–water partition coefficient (Wildman–Crippen LogP) is 2.60. The van der Waals surface area contributed by atoms with Crippen molar-refractivity contribution in [3.63, 3.8) is 0 Å². The first kappa shape index (κ1) is 17.1. The summed E-state index contributed by atoms with van der Waals surface area (Å²) in [6.07, 6.45) is 5.54. The Labute approximate surface area is 146 Å². The van der Waals surface area contributed by atoms with E-state index in [9.17, 15) is 4.79 Å². The van der Waals surface area contributed by atoms with Crippen molar-refractivity contribution in [3.05, 3.63) is 16.8 Å². The number of nitrogens with one attached hydrogen (secondary N) is 1. The molecule has 0 spiro atoms. The Bertz CT molecular complexity index is 721. The highest BCUT2D eigenvalue weighted by Gasteiger charge is 2.20. The van der Waals surface area contributed by atoms with Gasteiger partial charge in [-0.05, 0) is 38.4 Å². The van der Waals surface area contributed by atoms with E-state index in [1.54, 1.807) is 25.3 Å². The lowest BCUT2D eigenvalue weighted by Gasteiger charge is -2.26. The number of likely N-dealkylation sites (tertiary alicyclic amines) is 1. The highest BCUT2D eigenvalue weighted by Crippen LogP contribution is 2.33. The van der Waals surface area contributed by atoms with Crippen molar-refractivity contribution in [1.82, 2.24) is 19.8 Å². The fraction of sp³-hybridized carbons (Fsp3) is 0.588. The number of amides is 1. The third-order valence-electron chi connectivity index (χ3n) is 4.50. The second-order valence-electron chi connectivity index (χ2n) is 6.49. The molecule has 1 aliphatic rings. The molecule has 2 aromatic rings. The zero-order valence-electron chi connectivity index (χ0n) is 14.6. The van der Waals surface area contributed by atoms with Crippen molar-refractivity contribution >= 4 is 33.3 Å². The molecule has 1 amide bonds. The summed E-state index contributed by atoms with van der Waals surface area (Å²) in [5.41, 5.74) is 0.967. The summed E-state index contributed by atoms with van der Waals surface area (Å²) in [6, 6.07) is 0. The molecule has 0 bridgehead atoms. The Morgan fingerprint density at radius 2 is 2.04 bits per heavy atom. The van der Waals surface area contributed by atoms with Gasteiger partial charge in [0, 0.05) is 27.2 Å². The first-order chi connectivity index (χ1) is 11.6. The molecule has 1 fully saturated rings. The molecule has 130 valence electrons. The van der Waals surface area contributed by atoms with Crippen LogP contribution >= 0.6 is 11.3 Å². The van der Waals surface area contributed by atoms with Crippen LogP contribution in [0.4, 0.5) is 5.82 Å². The van der Waals surface area contributed by atoms with Crippen LogP contribution in [-0.2, 0) is 0 Å². The van der Waals surface area contributed by atoms with Crippen LogP contribution in [0, 0.1) is 6.92 Å². The second kappa shape index (κ2) is 7.44. The zero-order valence-corrected chi connectivity index (χ0v) is 15.4. The number of hydrogen-bond acceptors (Lipinski definition) is 6. The normalized spacial score (nSPS) is 15.6. The van der Waals surface area contributed by atoms with E-state index >= 15 is 0 Å². The maximum Gasteiger partial charge on any atom is 0.263 e. The van der Waals surface area contributed by atoms with Gasteiger partial charge in [-0.15, -0.1) is 11.3 Å². The highest BCUT2D eigenvalue weighted by molar-refractivity contribution is 7.20. The molecule has 0 aromatic carbocycles. The van der Waals surface area contributed by atoms with Crippen molar-refractivity contribution in [3.8, 4) is 0 Å². The van der Waals surface area contributed by atoms with Crippen molar-refractivity contribution in [2.24, 2.45) is 0 Å². The van der Waals surface area contributed by atoms with E-state index < -0.39 is 0 Å². The van der Waals surface area contributed by atoms with Crippen LogP contribution in [0.2, 0.25) is 0 Å². The lowest BCUT2D eigenvalue weighted by molar-refractivity contribution is 0.0831. The van der Waals surface area contributed by atoms with E-state index in [0.717, 1.165) is 39.6 Å². The van der Waals surface area contributed by atoms with E-state index in [0.29, 0.717) is 0 Å². The molecule has 1 saturated heterocycles. The Kier molecular flexibility index (Phi) is 5.30. The molecule has 6 nitrogen and oxygen atoms in total.